The van der Waals surface area contributed by atoms with Gasteiger partial charge in [0.2, 0.25) is 29.5 Å². The largest absolute Gasteiger partial charge is 0.480 e. The van der Waals surface area contributed by atoms with Gasteiger partial charge in [-0.25, -0.2) is 4.79 Å². The van der Waals surface area contributed by atoms with Crippen LogP contribution in [-0.4, -0.2) is 107 Å². The smallest absolute Gasteiger partial charge is 0.326 e. The zero-order valence-corrected chi connectivity index (χ0v) is 28.3. The maximum atomic E-state index is 13.9. The van der Waals surface area contributed by atoms with Crippen molar-refractivity contribution < 1.29 is 33.9 Å². The minimum absolute atomic E-state index is 0.0493. The lowest BCUT2D eigenvalue weighted by Crippen LogP contribution is -2.59. The van der Waals surface area contributed by atoms with E-state index in [9.17, 15) is 33.9 Å². The van der Waals surface area contributed by atoms with Crippen LogP contribution in [-0.2, 0) is 41.6 Å². The molecule has 2 saturated heterocycles. The molecule has 0 bridgehead atoms. The van der Waals surface area contributed by atoms with Gasteiger partial charge in [0.05, 0.1) is 6.54 Å². The summed E-state index contributed by atoms with van der Waals surface area (Å²) in [6, 6.07) is 13.0. The fourth-order valence-electron chi connectivity index (χ4n) is 6.62. The number of hydrogen-bond acceptors (Lipinski definition) is 8. The minimum atomic E-state index is -1.24. The number of amides is 5. The summed E-state index contributed by atoms with van der Waals surface area (Å²) in [4.78, 5) is 82.4. The van der Waals surface area contributed by atoms with Gasteiger partial charge < -0.3 is 42.3 Å². The number of unbranched alkanes of at least 4 members (excludes halogenated alkanes) is 1. The highest BCUT2D eigenvalue weighted by Gasteiger charge is 2.42. The molecule has 5 amide bonds. The van der Waals surface area contributed by atoms with E-state index in [0.29, 0.717) is 58.2 Å². The topological polar surface area (TPSA) is 217 Å². The van der Waals surface area contributed by atoms with Crippen molar-refractivity contribution >= 4 is 35.5 Å². The fourth-order valence-corrected chi connectivity index (χ4v) is 6.62. The summed E-state index contributed by atoms with van der Waals surface area (Å²) >= 11 is 0. The number of benzene rings is 2. The van der Waals surface area contributed by atoms with E-state index < -0.39 is 53.9 Å². The summed E-state index contributed by atoms with van der Waals surface area (Å²) in [6.45, 7) is 0.927. The van der Waals surface area contributed by atoms with Gasteiger partial charge in [-0.3, -0.25) is 24.0 Å². The molecule has 2 aromatic carbocycles. The van der Waals surface area contributed by atoms with Crippen molar-refractivity contribution in [2.24, 2.45) is 11.5 Å². The standard InChI is InChI=1S/C36H49N7O7/c37-18-8-7-15-26(32(45)41-28(36(49)50)22-25-13-5-2-6-14-25)39-33(46)27(21-24-11-3-1-4-12-24)40-34(47)29-16-9-20-43(29)35(48)30-17-10-19-42(30)31(44)23-38/h1-6,11-14,26-30H,7-10,15-23,37-38H2,(H,39,46)(H,40,47)(H,41,45)(H,49,50)/t26-,27-,28-,29-,30-/m0/s1. The third-order valence-corrected chi connectivity index (χ3v) is 9.26. The first kappa shape index (κ1) is 38.0. The molecule has 0 saturated carbocycles. The Morgan fingerprint density at radius 2 is 1.24 bits per heavy atom. The Bertz CT molecular complexity index is 1480. The van der Waals surface area contributed by atoms with Crippen LogP contribution in [0.4, 0.5) is 0 Å². The third kappa shape index (κ3) is 10.3. The van der Waals surface area contributed by atoms with E-state index in [1.807, 2.05) is 24.3 Å². The average molecular weight is 692 g/mol. The molecule has 4 rings (SSSR count). The highest BCUT2D eigenvalue weighted by molar-refractivity contribution is 5.96. The van der Waals surface area contributed by atoms with Gasteiger partial charge in [-0.2, -0.15) is 0 Å². The molecule has 14 heteroatoms. The van der Waals surface area contributed by atoms with E-state index >= 15 is 0 Å². The monoisotopic (exact) mass is 691 g/mol. The van der Waals surface area contributed by atoms with E-state index in [1.165, 1.54) is 9.80 Å². The van der Waals surface area contributed by atoms with Gasteiger partial charge in [-0.15, -0.1) is 0 Å². The first-order chi connectivity index (χ1) is 24.1. The highest BCUT2D eigenvalue weighted by atomic mass is 16.4. The second-order valence-corrected chi connectivity index (χ2v) is 12.8. The predicted octanol–water partition coefficient (Wildman–Crippen LogP) is 0.0805. The van der Waals surface area contributed by atoms with Gasteiger partial charge in [-0.05, 0) is 62.6 Å². The van der Waals surface area contributed by atoms with Crippen LogP contribution < -0.4 is 27.4 Å². The second-order valence-electron chi connectivity index (χ2n) is 12.8. The lowest BCUT2D eigenvalue weighted by Gasteiger charge is -2.31. The Labute approximate surface area is 292 Å². The first-order valence-electron chi connectivity index (χ1n) is 17.3. The van der Waals surface area contributed by atoms with Crippen molar-refractivity contribution in [2.45, 2.75) is 88.0 Å². The third-order valence-electron chi connectivity index (χ3n) is 9.26. The quantitative estimate of drug-likeness (QED) is 0.124. The number of nitrogens with zero attached hydrogens (tertiary/aromatic N) is 2. The molecule has 2 fully saturated rings. The summed E-state index contributed by atoms with van der Waals surface area (Å²) in [6.07, 6.45) is 3.52. The molecule has 0 spiro atoms. The van der Waals surface area contributed by atoms with E-state index in [4.69, 9.17) is 11.5 Å². The van der Waals surface area contributed by atoms with Crippen LogP contribution in [0.1, 0.15) is 56.1 Å². The minimum Gasteiger partial charge on any atom is -0.480 e. The van der Waals surface area contributed by atoms with Crippen molar-refractivity contribution in [1.82, 2.24) is 25.8 Å². The number of carboxylic acid groups (broad SMARTS) is 1. The maximum Gasteiger partial charge on any atom is 0.326 e. The van der Waals surface area contributed by atoms with Crippen LogP contribution in [0.25, 0.3) is 0 Å². The van der Waals surface area contributed by atoms with Crippen molar-refractivity contribution in [1.29, 1.82) is 0 Å². The normalized spacial score (nSPS) is 18.9. The molecule has 0 aliphatic carbocycles. The number of rotatable bonds is 17. The van der Waals surface area contributed by atoms with E-state index in [1.54, 1.807) is 36.4 Å². The van der Waals surface area contributed by atoms with Crippen LogP contribution in [0.2, 0.25) is 0 Å². The average Bonchev–Trinajstić information content (AvgIpc) is 3.82. The summed E-state index contributed by atoms with van der Waals surface area (Å²) in [5.74, 6) is -3.65. The van der Waals surface area contributed by atoms with Gasteiger partial charge in [0, 0.05) is 25.9 Å². The zero-order chi connectivity index (χ0) is 36.0. The molecule has 2 aliphatic heterocycles. The lowest BCUT2D eigenvalue weighted by atomic mass is 10.0. The molecule has 5 atom stereocenters. The molecule has 14 nitrogen and oxygen atoms in total. The van der Waals surface area contributed by atoms with Crippen molar-refractivity contribution in [3.05, 3.63) is 71.8 Å². The first-order valence-corrected chi connectivity index (χ1v) is 17.3. The maximum absolute atomic E-state index is 13.9. The second kappa shape index (κ2) is 18.8. The Morgan fingerprint density at radius 1 is 0.700 bits per heavy atom. The predicted molar refractivity (Wildman–Crippen MR) is 185 cm³/mol. The summed E-state index contributed by atoms with van der Waals surface area (Å²) < 4.78 is 0. The molecule has 0 unspecified atom stereocenters. The Balaban J connectivity index is 1.51. The van der Waals surface area contributed by atoms with E-state index in [0.717, 1.165) is 11.1 Å². The van der Waals surface area contributed by atoms with Crippen molar-refractivity contribution in [2.75, 3.05) is 26.2 Å². The van der Waals surface area contributed by atoms with Crippen LogP contribution in [0.3, 0.4) is 0 Å². The molecule has 2 aromatic rings. The molecule has 50 heavy (non-hydrogen) atoms. The molecule has 270 valence electrons. The van der Waals surface area contributed by atoms with Crippen molar-refractivity contribution in [3.8, 4) is 0 Å². The molecular formula is C36H49N7O7. The van der Waals surface area contributed by atoms with Crippen molar-refractivity contribution in [3.63, 3.8) is 0 Å². The number of carbonyl (C=O) groups excluding carboxylic acids is 5. The number of nitrogens with one attached hydrogen (secondary N) is 3. The number of carboxylic acids is 1. The Hall–Kier alpha value is -4.82. The lowest BCUT2D eigenvalue weighted by molar-refractivity contribution is -0.146. The Kier molecular flexibility index (Phi) is 14.3. The van der Waals surface area contributed by atoms with Crippen LogP contribution >= 0.6 is 0 Å². The van der Waals surface area contributed by atoms with Crippen LogP contribution in [0, 0.1) is 0 Å². The SMILES string of the molecule is NCCCC[C@H](NC(=O)[C@H](Cc1ccccc1)NC(=O)[C@@H]1CCCN1C(=O)[C@@H]1CCCN1C(=O)CN)C(=O)N[C@@H](Cc1ccccc1)C(=O)O. The van der Waals surface area contributed by atoms with Gasteiger partial charge >= 0.3 is 5.97 Å². The van der Waals surface area contributed by atoms with E-state index in [2.05, 4.69) is 16.0 Å². The van der Waals surface area contributed by atoms with Crippen LogP contribution in [0.5, 0.6) is 0 Å². The molecule has 2 heterocycles. The molecule has 0 radical (unpaired) electrons. The number of likely N-dealkylation sites (tertiary alicyclic amines) is 2. The number of aliphatic carboxylic acids is 1. The number of nitrogens with two attached hydrogens (primary N) is 2. The fraction of sp³-hybridized carbons (Fsp3) is 0.500. The molecule has 2 aliphatic rings. The van der Waals surface area contributed by atoms with Gasteiger partial charge in [-0.1, -0.05) is 60.7 Å². The zero-order valence-electron chi connectivity index (χ0n) is 28.3. The van der Waals surface area contributed by atoms with Gasteiger partial charge in [0.1, 0.15) is 30.2 Å². The molecule has 8 N–H and O–H groups in total. The summed E-state index contributed by atoms with van der Waals surface area (Å²) in [5.41, 5.74) is 12.7. The van der Waals surface area contributed by atoms with Gasteiger partial charge in [0.15, 0.2) is 0 Å². The molecular weight excluding hydrogens is 642 g/mol. The number of hydrogen-bond donors (Lipinski definition) is 6. The summed E-state index contributed by atoms with van der Waals surface area (Å²) in [7, 11) is 0. The Morgan fingerprint density at radius 3 is 1.82 bits per heavy atom. The highest BCUT2D eigenvalue weighted by Crippen LogP contribution is 2.25. The van der Waals surface area contributed by atoms with Gasteiger partial charge in [0.25, 0.3) is 0 Å². The van der Waals surface area contributed by atoms with E-state index in [-0.39, 0.29) is 37.6 Å². The van der Waals surface area contributed by atoms with Crippen LogP contribution in [0.15, 0.2) is 60.7 Å². The number of carbonyl (C=O) groups is 6. The molecule has 0 aromatic heterocycles. The summed E-state index contributed by atoms with van der Waals surface area (Å²) in [5, 5.41) is 18.1.